The van der Waals surface area contributed by atoms with Crippen LogP contribution in [0.25, 0.3) is 11.3 Å². The first-order valence-electron chi connectivity index (χ1n) is 11.6. The van der Waals surface area contributed by atoms with Crippen molar-refractivity contribution in [3.05, 3.63) is 42.4 Å². The number of piperidine rings is 1. The molecular weight excluding hydrogens is 390 g/mol. The Morgan fingerprint density at radius 3 is 2.55 bits per heavy atom. The van der Waals surface area contributed by atoms with Crippen LogP contribution in [0.4, 0.5) is 4.79 Å². The molecule has 164 valence electrons. The number of fused-ring (bicyclic) bond motifs is 5. The van der Waals surface area contributed by atoms with Gasteiger partial charge in [0.15, 0.2) is 0 Å². The number of hydrogen-bond acceptors (Lipinski definition) is 4. The summed E-state index contributed by atoms with van der Waals surface area (Å²) in [4.78, 5) is 19.2. The number of nitrogens with zero attached hydrogens (tertiary/aromatic N) is 3. The summed E-state index contributed by atoms with van der Waals surface area (Å²) >= 11 is 0. The third-order valence-electron chi connectivity index (χ3n) is 8.11. The lowest BCUT2D eigenvalue weighted by Gasteiger charge is -2.59. The van der Waals surface area contributed by atoms with Crippen LogP contribution in [0.5, 0.6) is 0 Å². The second-order valence-electron chi connectivity index (χ2n) is 11.1. The number of carbonyl (C=O) groups excluding carboxylic acids is 1. The topological polar surface area (TPSA) is 67.6 Å². The predicted octanol–water partition coefficient (Wildman–Crippen LogP) is 4.38. The summed E-state index contributed by atoms with van der Waals surface area (Å²) in [6, 6.07) is 9.03. The normalized spacial score (nSPS) is 35.6. The number of hydrogen-bond donors (Lipinski definition) is 1. The molecule has 4 heterocycles. The molecule has 2 saturated heterocycles. The highest BCUT2D eigenvalue weighted by Gasteiger charge is 2.63. The zero-order valence-electron chi connectivity index (χ0n) is 18.5. The van der Waals surface area contributed by atoms with Crippen molar-refractivity contribution in [2.24, 2.45) is 11.3 Å². The van der Waals surface area contributed by atoms with Gasteiger partial charge in [-0.15, -0.1) is 0 Å². The average molecular weight is 422 g/mol. The van der Waals surface area contributed by atoms with Crippen LogP contribution in [0.1, 0.15) is 64.5 Å². The molecular formula is C25H31N3O3. The highest BCUT2D eigenvalue weighted by Crippen LogP contribution is 2.63. The van der Waals surface area contributed by atoms with E-state index in [1.165, 1.54) is 11.1 Å². The van der Waals surface area contributed by atoms with Crippen LogP contribution >= 0.6 is 0 Å². The van der Waals surface area contributed by atoms with Crippen molar-refractivity contribution in [1.29, 1.82) is 0 Å². The van der Waals surface area contributed by atoms with E-state index in [4.69, 9.17) is 4.74 Å². The summed E-state index contributed by atoms with van der Waals surface area (Å²) in [7, 11) is 0. The van der Waals surface area contributed by atoms with Crippen LogP contribution in [0.3, 0.4) is 0 Å². The van der Waals surface area contributed by atoms with Gasteiger partial charge >= 0.3 is 6.09 Å². The molecule has 1 aromatic heterocycles. The number of carbonyl (C=O) groups is 1. The zero-order valence-corrected chi connectivity index (χ0v) is 18.5. The highest BCUT2D eigenvalue weighted by molar-refractivity contribution is 5.70. The van der Waals surface area contributed by atoms with E-state index in [2.05, 4.69) is 33.8 Å². The number of amides is 1. The van der Waals surface area contributed by atoms with E-state index in [-0.39, 0.29) is 41.7 Å². The molecule has 6 atom stereocenters. The molecule has 3 fully saturated rings. The van der Waals surface area contributed by atoms with E-state index in [1.807, 2.05) is 38.2 Å². The van der Waals surface area contributed by atoms with Gasteiger partial charge < -0.3 is 19.3 Å². The van der Waals surface area contributed by atoms with Gasteiger partial charge in [-0.3, -0.25) is 0 Å². The molecule has 31 heavy (non-hydrogen) atoms. The van der Waals surface area contributed by atoms with Crippen LogP contribution in [0.2, 0.25) is 0 Å². The molecule has 4 aliphatic rings. The van der Waals surface area contributed by atoms with Gasteiger partial charge in [0.05, 0.1) is 30.4 Å². The predicted molar refractivity (Wildman–Crippen MR) is 116 cm³/mol. The average Bonchev–Trinajstić information content (AvgIpc) is 3.37. The van der Waals surface area contributed by atoms with E-state index >= 15 is 0 Å². The van der Waals surface area contributed by atoms with Gasteiger partial charge in [-0.05, 0) is 58.4 Å². The minimum atomic E-state index is -0.481. The Labute approximate surface area is 183 Å². The number of imidazole rings is 1. The molecule has 1 amide bonds. The summed E-state index contributed by atoms with van der Waals surface area (Å²) in [5.74, 6) is 0.184. The molecule has 1 aromatic carbocycles. The Kier molecular flexibility index (Phi) is 3.96. The summed E-state index contributed by atoms with van der Waals surface area (Å²) in [5.41, 5.74) is 3.12. The maximum Gasteiger partial charge on any atom is 0.410 e. The van der Waals surface area contributed by atoms with Crippen molar-refractivity contribution in [2.45, 2.75) is 82.7 Å². The lowest BCUT2D eigenvalue weighted by atomic mass is 9.51. The van der Waals surface area contributed by atoms with E-state index in [0.717, 1.165) is 37.8 Å². The molecule has 1 aliphatic carbocycles. The zero-order chi connectivity index (χ0) is 21.5. The third kappa shape index (κ3) is 2.73. The number of ether oxygens (including phenoxy) is 1. The van der Waals surface area contributed by atoms with Gasteiger partial charge in [-0.2, -0.15) is 0 Å². The Morgan fingerprint density at radius 2 is 1.87 bits per heavy atom. The maximum atomic E-state index is 12.8. The van der Waals surface area contributed by atoms with Crippen LogP contribution in [-0.2, 0) is 4.74 Å². The van der Waals surface area contributed by atoms with Crippen molar-refractivity contribution < 1.29 is 14.6 Å². The smallest absolute Gasteiger partial charge is 0.410 e. The molecule has 1 saturated carbocycles. The van der Waals surface area contributed by atoms with Gasteiger partial charge in [0.1, 0.15) is 5.60 Å². The van der Waals surface area contributed by atoms with E-state index < -0.39 is 5.60 Å². The lowest BCUT2D eigenvalue weighted by Crippen LogP contribution is -2.62. The molecule has 1 unspecified atom stereocenters. The number of aliphatic hydroxyl groups is 1. The SMILES string of the molecule is CC(C)(C)OC(=O)N1[C@@H]2CC[C@H]1CC1(C[C@@H]([C@H]3c4ccccc4-c4cncn43)[C@H]1O)C2. The fourth-order valence-electron chi connectivity index (χ4n) is 6.99. The van der Waals surface area contributed by atoms with Crippen molar-refractivity contribution in [2.75, 3.05) is 0 Å². The van der Waals surface area contributed by atoms with Gasteiger partial charge in [0, 0.05) is 29.0 Å². The molecule has 3 aliphatic heterocycles. The van der Waals surface area contributed by atoms with Gasteiger partial charge in [-0.25, -0.2) is 9.78 Å². The molecule has 0 radical (unpaired) electrons. The first kappa shape index (κ1) is 19.4. The van der Waals surface area contributed by atoms with Crippen LogP contribution in [0.15, 0.2) is 36.8 Å². The van der Waals surface area contributed by atoms with E-state index in [9.17, 15) is 9.90 Å². The number of aliphatic hydroxyl groups excluding tert-OH is 1. The minimum Gasteiger partial charge on any atom is -0.444 e. The third-order valence-corrected chi connectivity index (χ3v) is 8.11. The minimum absolute atomic E-state index is 0.0761. The fraction of sp³-hybridized carbons (Fsp3) is 0.600. The quantitative estimate of drug-likeness (QED) is 0.742. The highest BCUT2D eigenvalue weighted by atomic mass is 16.6. The molecule has 2 bridgehead atoms. The summed E-state index contributed by atoms with van der Waals surface area (Å²) < 4.78 is 7.94. The summed E-state index contributed by atoms with van der Waals surface area (Å²) in [6.07, 6.45) is 8.08. The van der Waals surface area contributed by atoms with Crippen LogP contribution in [0, 0.1) is 11.3 Å². The van der Waals surface area contributed by atoms with Gasteiger partial charge in [0.2, 0.25) is 0 Å². The van der Waals surface area contributed by atoms with E-state index in [0.29, 0.717) is 0 Å². The summed E-state index contributed by atoms with van der Waals surface area (Å²) in [5, 5.41) is 11.5. The Bertz CT molecular complexity index is 1020. The second-order valence-corrected chi connectivity index (χ2v) is 11.1. The number of aromatic nitrogens is 2. The Hall–Kier alpha value is -2.34. The second kappa shape index (κ2) is 6.35. The van der Waals surface area contributed by atoms with Crippen molar-refractivity contribution in [3.8, 4) is 11.3 Å². The molecule has 1 spiro atoms. The van der Waals surface area contributed by atoms with Crippen molar-refractivity contribution >= 4 is 6.09 Å². The number of benzene rings is 1. The summed E-state index contributed by atoms with van der Waals surface area (Å²) in [6.45, 7) is 5.76. The molecule has 6 nitrogen and oxygen atoms in total. The van der Waals surface area contributed by atoms with Crippen molar-refractivity contribution in [1.82, 2.24) is 14.5 Å². The molecule has 6 heteroatoms. The van der Waals surface area contributed by atoms with Gasteiger partial charge in [-0.1, -0.05) is 24.3 Å². The first-order chi connectivity index (χ1) is 14.8. The molecule has 1 N–H and O–H groups in total. The largest absolute Gasteiger partial charge is 0.444 e. The van der Waals surface area contributed by atoms with E-state index in [1.54, 1.807) is 0 Å². The standard InChI is InChI=1S/C25H31N3O3/c1-24(2,3)31-23(30)28-15-8-9-16(28)11-25(10-15)12-19(22(25)29)21-18-7-5-4-6-17(18)20-13-26-14-27(20)21/h4-7,13-16,19,21-22,29H,8-12H2,1-3H3/t15-,16+,19-,21+,22+,25?/m0/s1. The lowest BCUT2D eigenvalue weighted by molar-refractivity contribution is -0.168. The monoisotopic (exact) mass is 421 g/mol. The van der Waals surface area contributed by atoms with Crippen molar-refractivity contribution in [3.63, 3.8) is 0 Å². The first-order valence-corrected chi connectivity index (χ1v) is 11.6. The molecule has 6 rings (SSSR count). The van der Waals surface area contributed by atoms with Crippen LogP contribution < -0.4 is 0 Å². The fourth-order valence-corrected chi connectivity index (χ4v) is 6.99. The maximum absolute atomic E-state index is 12.8. The van der Waals surface area contributed by atoms with Gasteiger partial charge in [0.25, 0.3) is 0 Å². The Balaban J connectivity index is 1.23. The molecule has 2 aromatic rings. The Morgan fingerprint density at radius 1 is 1.16 bits per heavy atom. The number of rotatable bonds is 1. The van der Waals surface area contributed by atoms with Crippen LogP contribution in [-0.4, -0.2) is 49.4 Å².